The normalized spacial score (nSPS) is 11.9. The van der Waals surface area contributed by atoms with Crippen LogP contribution >= 0.6 is 0 Å². The first-order valence-electron chi connectivity index (χ1n) is 7.95. The first-order valence-corrected chi connectivity index (χ1v) is 7.95. The van der Waals surface area contributed by atoms with Gasteiger partial charge in [0.1, 0.15) is 0 Å². The summed E-state index contributed by atoms with van der Waals surface area (Å²) in [6, 6.07) is 13.3. The van der Waals surface area contributed by atoms with Crippen LogP contribution in [-0.2, 0) is 6.54 Å². The van der Waals surface area contributed by atoms with Gasteiger partial charge in [-0.1, -0.05) is 30.0 Å². The second-order valence-corrected chi connectivity index (χ2v) is 5.83. The van der Waals surface area contributed by atoms with E-state index in [1.807, 2.05) is 48.5 Å². The maximum atomic E-state index is 12.9. The average Bonchev–Trinajstić information content (AvgIpc) is 2.58. The Labute approximate surface area is 140 Å². The first-order chi connectivity index (χ1) is 11.6. The molecule has 0 amide bonds. The average molecular weight is 317 g/mol. The van der Waals surface area contributed by atoms with Crippen molar-refractivity contribution in [3.63, 3.8) is 0 Å². The standard InChI is InChI=1S/C21H19NO2/c1-3-13-22-19-10-5-4-9-17(19)21(24)18-14-16(11-12-20(18)22)8-6-7-15(2)23/h3-5,9-12,14-15,23H,1,7,13H2,2H3. The van der Waals surface area contributed by atoms with Gasteiger partial charge in [0.25, 0.3) is 0 Å². The van der Waals surface area contributed by atoms with Crippen LogP contribution in [0, 0.1) is 11.8 Å². The summed E-state index contributed by atoms with van der Waals surface area (Å²) in [6.07, 6.45) is 1.79. The maximum Gasteiger partial charge on any atom is 0.197 e. The van der Waals surface area contributed by atoms with E-state index in [9.17, 15) is 9.90 Å². The number of nitrogens with zero attached hydrogens (tertiary/aromatic N) is 1. The Morgan fingerprint density at radius 2 is 1.96 bits per heavy atom. The maximum absolute atomic E-state index is 12.9. The number of pyridine rings is 1. The highest BCUT2D eigenvalue weighted by Crippen LogP contribution is 2.20. The zero-order chi connectivity index (χ0) is 17.1. The summed E-state index contributed by atoms with van der Waals surface area (Å²) >= 11 is 0. The number of hydrogen-bond acceptors (Lipinski definition) is 2. The third kappa shape index (κ3) is 2.97. The highest BCUT2D eigenvalue weighted by atomic mass is 16.3. The monoisotopic (exact) mass is 317 g/mol. The number of rotatable bonds is 3. The molecule has 3 aromatic rings. The van der Waals surface area contributed by atoms with Crippen LogP contribution < -0.4 is 5.43 Å². The number of aliphatic hydroxyl groups excluding tert-OH is 1. The third-order valence-corrected chi connectivity index (χ3v) is 3.91. The number of allylic oxidation sites excluding steroid dienone is 1. The van der Waals surface area contributed by atoms with Crippen molar-refractivity contribution in [1.82, 2.24) is 4.57 Å². The first kappa shape index (κ1) is 16.0. The van der Waals surface area contributed by atoms with Gasteiger partial charge in [-0.25, -0.2) is 0 Å². The molecule has 0 aliphatic carbocycles. The molecule has 3 heteroatoms. The summed E-state index contributed by atoms with van der Waals surface area (Å²) in [5.74, 6) is 5.95. The molecular formula is C21H19NO2. The Morgan fingerprint density at radius 3 is 2.71 bits per heavy atom. The van der Waals surface area contributed by atoms with E-state index in [4.69, 9.17) is 0 Å². The number of aliphatic hydroxyl groups is 1. The van der Waals surface area contributed by atoms with Crippen molar-refractivity contribution in [3.8, 4) is 11.8 Å². The largest absolute Gasteiger partial charge is 0.392 e. The van der Waals surface area contributed by atoms with Gasteiger partial charge in [-0.2, -0.15) is 0 Å². The Kier molecular flexibility index (Phi) is 4.50. The summed E-state index contributed by atoms with van der Waals surface area (Å²) in [4.78, 5) is 12.9. The van der Waals surface area contributed by atoms with Crippen molar-refractivity contribution in [1.29, 1.82) is 0 Å². The van der Waals surface area contributed by atoms with Gasteiger partial charge >= 0.3 is 0 Å². The number of benzene rings is 2. The van der Waals surface area contributed by atoms with Crippen LogP contribution in [0.5, 0.6) is 0 Å². The fourth-order valence-electron chi connectivity index (χ4n) is 2.83. The molecule has 24 heavy (non-hydrogen) atoms. The second kappa shape index (κ2) is 6.74. The van der Waals surface area contributed by atoms with Crippen molar-refractivity contribution in [2.75, 3.05) is 0 Å². The molecule has 3 nitrogen and oxygen atoms in total. The smallest absolute Gasteiger partial charge is 0.197 e. The topological polar surface area (TPSA) is 42.2 Å². The lowest BCUT2D eigenvalue weighted by Crippen LogP contribution is -2.11. The molecule has 120 valence electrons. The molecular weight excluding hydrogens is 298 g/mol. The third-order valence-electron chi connectivity index (χ3n) is 3.91. The lowest BCUT2D eigenvalue weighted by molar-refractivity contribution is 0.201. The van der Waals surface area contributed by atoms with E-state index in [1.54, 1.807) is 6.92 Å². The Bertz CT molecular complexity index is 1030. The van der Waals surface area contributed by atoms with Crippen LogP contribution in [0.1, 0.15) is 18.9 Å². The molecule has 0 aliphatic heterocycles. The zero-order valence-electron chi connectivity index (χ0n) is 13.6. The Hall–Kier alpha value is -2.83. The summed E-state index contributed by atoms with van der Waals surface area (Å²) < 4.78 is 2.09. The molecule has 0 fully saturated rings. The molecule has 1 aromatic heterocycles. The van der Waals surface area contributed by atoms with Gasteiger partial charge < -0.3 is 9.67 Å². The van der Waals surface area contributed by atoms with Crippen molar-refractivity contribution in [3.05, 3.63) is 70.9 Å². The van der Waals surface area contributed by atoms with Gasteiger partial charge in [-0.05, 0) is 37.3 Å². The predicted molar refractivity (Wildman–Crippen MR) is 99.1 cm³/mol. The number of aromatic nitrogens is 1. The molecule has 0 spiro atoms. The molecule has 1 heterocycles. The van der Waals surface area contributed by atoms with Gasteiger partial charge in [-0.15, -0.1) is 6.58 Å². The zero-order valence-corrected chi connectivity index (χ0v) is 13.6. The summed E-state index contributed by atoms with van der Waals surface area (Å²) in [5.41, 5.74) is 2.57. The van der Waals surface area contributed by atoms with E-state index in [-0.39, 0.29) is 5.43 Å². The molecule has 1 unspecified atom stereocenters. The van der Waals surface area contributed by atoms with Gasteiger partial charge in [0, 0.05) is 29.3 Å². The van der Waals surface area contributed by atoms with Crippen molar-refractivity contribution < 1.29 is 5.11 Å². The molecule has 3 rings (SSSR count). The molecule has 1 atom stereocenters. The second-order valence-electron chi connectivity index (χ2n) is 5.83. The van der Waals surface area contributed by atoms with Crippen LogP contribution in [0.2, 0.25) is 0 Å². The van der Waals surface area contributed by atoms with E-state index in [1.165, 1.54) is 0 Å². The lowest BCUT2D eigenvalue weighted by atomic mass is 10.1. The SMILES string of the molecule is C=CCn1c2ccccc2c(=O)c2cc(C#CCC(C)O)ccc21. The van der Waals surface area contributed by atoms with Crippen LogP contribution in [0.25, 0.3) is 21.8 Å². The van der Waals surface area contributed by atoms with Gasteiger partial charge in [0.15, 0.2) is 5.43 Å². The fraction of sp³-hybridized carbons (Fsp3) is 0.190. The number of hydrogen-bond donors (Lipinski definition) is 1. The molecule has 0 bridgehead atoms. The molecule has 0 radical (unpaired) electrons. The van der Waals surface area contributed by atoms with E-state index in [0.717, 1.165) is 16.6 Å². The minimum atomic E-state index is -0.452. The fourth-order valence-corrected chi connectivity index (χ4v) is 2.83. The van der Waals surface area contributed by atoms with Crippen molar-refractivity contribution in [2.45, 2.75) is 26.0 Å². The summed E-state index contributed by atoms with van der Waals surface area (Å²) in [7, 11) is 0. The molecule has 0 saturated carbocycles. The molecule has 1 N–H and O–H groups in total. The van der Waals surface area contributed by atoms with Crippen LogP contribution in [0.4, 0.5) is 0 Å². The highest BCUT2D eigenvalue weighted by molar-refractivity contribution is 5.94. The number of para-hydroxylation sites is 1. The minimum Gasteiger partial charge on any atom is -0.392 e. The summed E-state index contributed by atoms with van der Waals surface area (Å²) in [5, 5.41) is 10.6. The van der Waals surface area contributed by atoms with Gasteiger partial charge in [0.2, 0.25) is 0 Å². The van der Waals surface area contributed by atoms with E-state index in [0.29, 0.717) is 23.7 Å². The summed E-state index contributed by atoms with van der Waals surface area (Å²) in [6.45, 7) is 6.15. The molecule has 0 saturated heterocycles. The van der Waals surface area contributed by atoms with Crippen LogP contribution in [0.15, 0.2) is 59.9 Å². The molecule has 0 aliphatic rings. The van der Waals surface area contributed by atoms with E-state index in [2.05, 4.69) is 23.0 Å². The quantitative estimate of drug-likeness (QED) is 0.457. The van der Waals surface area contributed by atoms with E-state index < -0.39 is 6.10 Å². The van der Waals surface area contributed by atoms with Crippen molar-refractivity contribution >= 4 is 21.8 Å². The lowest BCUT2D eigenvalue weighted by Gasteiger charge is -2.13. The van der Waals surface area contributed by atoms with Crippen LogP contribution in [0.3, 0.4) is 0 Å². The highest BCUT2D eigenvalue weighted by Gasteiger charge is 2.10. The van der Waals surface area contributed by atoms with Gasteiger partial charge in [0.05, 0.1) is 17.1 Å². The number of fused-ring (bicyclic) bond motifs is 2. The molecule has 2 aromatic carbocycles. The Morgan fingerprint density at radius 1 is 1.21 bits per heavy atom. The van der Waals surface area contributed by atoms with E-state index >= 15 is 0 Å². The van der Waals surface area contributed by atoms with Crippen LogP contribution in [-0.4, -0.2) is 15.8 Å². The minimum absolute atomic E-state index is 0.0140. The van der Waals surface area contributed by atoms with Crippen molar-refractivity contribution in [2.24, 2.45) is 0 Å². The van der Waals surface area contributed by atoms with Gasteiger partial charge in [-0.3, -0.25) is 4.79 Å². The Balaban J connectivity index is 2.27. The predicted octanol–water partition coefficient (Wildman–Crippen LogP) is 3.46.